The summed E-state index contributed by atoms with van der Waals surface area (Å²) in [5.74, 6) is 0. The molecule has 1 atom stereocenters. The van der Waals surface area contributed by atoms with Gasteiger partial charge in [0.15, 0.2) is 0 Å². The van der Waals surface area contributed by atoms with E-state index in [0.29, 0.717) is 5.69 Å². The van der Waals surface area contributed by atoms with Crippen molar-refractivity contribution in [3.63, 3.8) is 0 Å². The highest BCUT2D eigenvalue weighted by atomic mass is 32.2. The molecule has 0 spiro atoms. The molecule has 0 radical (unpaired) electrons. The van der Waals surface area contributed by atoms with Gasteiger partial charge in [0.1, 0.15) is 0 Å². The first-order valence-corrected chi connectivity index (χ1v) is 6.41. The largest absolute Gasteiger partial charge is 0.399 e. The predicted molar refractivity (Wildman–Crippen MR) is 60.8 cm³/mol. The van der Waals surface area contributed by atoms with Crippen LogP contribution in [0.4, 0.5) is 5.69 Å². The second-order valence-corrected chi connectivity index (χ2v) is 5.86. The maximum Gasteiger partial charge on any atom is 0.0725 e. The van der Waals surface area contributed by atoms with E-state index in [0.717, 1.165) is 4.90 Å². The van der Waals surface area contributed by atoms with E-state index in [9.17, 15) is 4.21 Å². The van der Waals surface area contributed by atoms with E-state index >= 15 is 0 Å². The van der Waals surface area contributed by atoms with Gasteiger partial charge in [-0.1, -0.05) is 0 Å². The second-order valence-electron chi connectivity index (χ2n) is 3.57. The van der Waals surface area contributed by atoms with E-state index < -0.39 is 9.73 Å². The minimum atomic E-state index is -2.26. The normalized spacial score (nSPS) is 15.1. The Kier molecular flexibility index (Phi) is 3.16. The van der Waals surface area contributed by atoms with Crippen molar-refractivity contribution >= 4 is 15.4 Å². The van der Waals surface area contributed by atoms with Crippen molar-refractivity contribution < 1.29 is 4.21 Å². The van der Waals surface area contributed by atoms with Crippen LogP contribution in [0.15, 0.2) is 33.5 Å². The van der Waals surface area contributed by atoms with Crippen molar-refractivity contribution in [1.82, 2.24) is 0 Å². The smallest absolute Gasteiger partial charge is 0.0725 e. The Bertz CT molecular complexity index is 414. The van der Waals surface area contributed by atoms with Gasteiger partial charge in [0.05, 0.1) is 15.8 Å². The standard InChI is InChI=1S/C10H16N2OS/c1-8(2)12-14(3,13)10-6-4-9(11)5-7-10/h4-8H,11H2,1-3H3. The SMILES string of the molecule is CC(C)N=S(C)(=O)c1ccc(N)cc1. The number of nitrogens with two attached hydrogens (primary N) is 1. The molecule has 1 aromatic carbocycles. The van der Waals surface area contributed by atoms with E-state index in [1.807, 2.05) is 13.8 Å². The summed E-state index contributed by atoms with van der Waals surface area (Å²) in [5.41, 5.74) is 6.22. The fourth-order valence-corrected chi connectivity index (χ4v) is 2.75. The van der Waals surface area contributed by atoms with Gasteiger partial charge in [-0.05, 0) is 38.1 Å². The van der Waals surface area contributed by atoms with Crippen LogP contribution in [0, 0.1) is 0 Å². The lowest BCUT2D eigenvalue weighted by Crippen LogP contribution is -2.02. The molecule has 0 aliphatic carbocycles. The molecule has 78 valence electrons. The van der Waals surface area contributed by atoms with Crippen LogP contribution < -0.4 is 5.73 Å². The molecule has 0 amide bonds. The summed E-state index contributed by atoms with van der Waals surface area (Å²) in [6.45, 7) is 3.83. The van der Waals surface area contributed by atoms with Crippen LogP contribution in [0.1, 0.15) is 13.8 Å². The van der Waals surface area contributed by atoms with Crippen molar-refractivity contribution in [2.45, 2.75) is 24.8 Å². The number of nitrogen functional groups attached to an aromatic ring is 1. The van der Waals surface area contributed by atoms with Crippen molar-refractivity contribution in [1.29, 1.82) is 0 Å². The molecule has 0 saturated heterocycles. The van der Waals surface area contributed by atoms with Crippen molar-refractivity contribution in [2.75, 3.05) is 12.0 Å². The Balaban J connectivity index is 3.17. The zero-order chi connectivity index (χ0) is 10.8. The maximum atomic E-state index is 12.1. The van der Waals surface area contributed by atoms with Gasteiger partial charge < -0.3 is 5.73 Å². The van der Waals surface area contributed by atoms with Gasteiger partial charge in [-0.3, -0.25) is 0 Å². The number of nitrogens with zero attached hydrogens (tertiary/aromatic N) is 1. The zero-order valence-corrected chi connectivity index (χ0v) is 9.54. The Labute approximate surface area is 85.5 Å². The van der Waals surface area contributed by atoms with Crippen molar-refractivity contribution in [3.05, 3.63) is 24.3 Å². The topological polar surface area (TPSA) is 55.5 Å². The molecule has 0 heterocycles. The third-order valence-electron chi connectivity index (χ3n) is 1.73. The quantitative estimate of drug-likeness (QED) is 0.763. The molecule has 1 rings (SSSR count). The lowest BCUT2D eigenvalue weighted by Gasteiger charge is -2.06. The fourth-order valence-electron chi connectivity index (χ4n) is 1.18. The van der Waals surface area contributed by atoms with Gasteiger partial charge in [-0.2, -0.15) is 0 Å². The Hall–Kier alpha value is -1.03. The van der Waals surface area contributed by atoms with Gasteiger partial charge in [-0.15, -0.1) is 0 Å². The van der Waals surface area contributed by atoms with Crippen molar-refractivity contribution in [2.24, 2.45) is 4.36 Å². The Morgan fingerprint density at radius 3 is 2.21 bits per heavy atom. The summed E-state index contributed by atoms with van der Waals surface area (Å²) < 4.78 is 16.3. The number of rotatable bonds is 2. The third-order valence-corrected chi connectivity index (χ3v) is 3.70. The molecule has 0 bridgehead atoms. The average molecular weight is 212 g/mol. The van der Waals surface area contributed by atoms with Crippen LogP contribution in [-0.4, -0.2) is 16.5 Å². The first-order valence-electron chi connectivity index (χ1n) is 4.48. The summed E-state index contributed by atoms with van der Waals surface area (Å²) in [5, 5.41) is 0. The number of benzene rings is 1. The average Bonchev–Trinajstić information content (AvgIpc) is 2.02. The minimum Gasteiger partial charge on any atom is -0.399 e. The lowest BCUT2D eigenvalue weighted by molar-refractivity contribution is 0.674. The fraction of sp³-hybridized carbons (Fsp3) is 0.400. The summed E-state index contributed by atoms with van der Waals surface area (Å²) in [6.07, 6.45) is 1.65. The molecule has 0 saturated carbocycles. The molecular weight excluding hydrogens is 196 g/mol. The van der Waals surface area contributed by atoms with E-state index in [1.54, 1.807) is 30.5 Å². The summed E-state index contributed by atoms with van der Waals surface area (Å²) >= 11 is 0. The number of anilines is 1. The maximum absolute atomic E-state index is 12.1. The second kappa shape index (κ2) is 4.00. The van der Waals surface area contributed by atoms with E-state index in [4.69, 9.17) is 5.73 Å². The van der Waals surface area contributed by atoms with Crippen LogP contribution in [0.5, 0.6) is 0 Å². The first kappa shape index (κ1) is 11.0. The molecular formula is C10H16N2OS. The first-order chi connectivity index (χ1) is 6.42. The molecule has 14 heavy (non-hydrogen) atoms. The molecule has 0 aliphatic rings. The molecule has 0 aromatic heterocycles. The van der Waals surface area contributed by atoms with Crippen molar-refractivity contribution in [3.8, 4) is 0 Å². The summed E-state index contributed by atoms with van der Waals surface area (Å²) in [4.78, 5) is 0.736. The summed E-state index contributed by atoms with van der Waals surface area (Å²) in [7, 11) is -2.26. The number of hydrogen-bond donors (Lipinski definition) is 1. The molecule has 0 aliphatic heterocycles. The van der Waals surface area contributed by atoms with Gasteiger partial charge >= 0.3 is 0 Å². The highest BCUT2D eigenvalue weighted by molar-refractivity contribution is 7.93. The molecule has 3 nitrogen and oxygen atoms in total. The monoisotopic (exact) mass is 212 g/mol. The highest BCUT2D eigenvalue weighted by Crippen LogP contribution is 2.14. The lowest BCUT2D eigenvalue weighted by atomic mass is 10.3. The molecule has 1 unspecified atom stereocenters. The van der Waals surface area contributed by atoms with Gasteiger partial charge in [0.2, 0.25) is 0 Å². The predicted octanol–water partition coefficient (Wildman–Crippen LogP) is 2.13. The van der Waals surface area contributed by atoms with E-state index in [2.05, 4.69) is 4.36 Å². The zero-order valence-electron chi connectivity index (χ0n) is 8.73. The van der Waals surface area contributed by atoms with Gasteiger partial charge in [0.25, 0.3) is 0 Å². The van der Waals surface area contributed by atoms with E-state index in [-0.39, 0.29) is 6.04 Å². The van der Waals surface area contributed by atoms with Crippen LogP contribution in [0.3, 0.4) is 0 Å². The Morgan fingerprint density at radius 2 is 1.79 bits per heavy atom. The van der Waals surface area contributed by atoms with Crippen LogP contribution in [-0.2, 0) is 9.73 Å². The van der Waals surface area contributed by atoms with Crippen LogP contribution >= 0.6 is 0 Å². The summed E-state index contributed by atoms with van der Waals surface area (Å²) in [6, 6.07) is 7.10. The minimum absolute atomic E-state index is 0.0741. The van der Waals surface area contributed by atoms with E-state index in [1.165, 1.54) is 0 Å². The molecule has 2 N–H and O–H groups in total. The third kappa shape index (κ3) is 2.73. The molecule has 1 aromatic rings. The van der Waals surface area contributed by atoms with Crippen LogP contribution in [0.2, 0.25) is 0 Å². The Morgan fingerprint density at radius 1 is 1.29 bits per heavy atom. The van der Waals surface area contributed by atoms with Crippen LogP contribution in [0.25, 0.3) is 0 Å². The van der Waals surface area contributed by atoms with Gasteiger partial charge in [0, 0.05) is 16.8 Å². The number of hydrogen-bond acceptors (Lipinski definition) is 3. The molecule has 4 heteroatoms. The molecule has 0 fully saturated rings. The highest BCUT2D eigenvalue weighted by Gasteiger charge is 2.05. The van der Waals surface area contributed by atoms with Gasteiger partial charge in [-0.25, -0.2) is 8.57 Å².